The normalized spacial score (nSPS) is 10.8. The van der Waals surface area contributed by atoms with E-state index in [0.29, 0.717) is 18.4 Å². The minimum absolute atomic E-state index is 0.279. The third-order valence-corrected chi connectivity index (χ3v) is 4.52. The number of rotatable bonds is 4. The molecule has 0 N–H and O–H groups in total. The van der Waals surface area contributed by atoms with Crippen molar-refractivity contribution in [2.24, 2.45) is 0 Å². The largest absolute Gasteiger partial charge is 0.464 e. The Kier molecular flexibility index (Phi) is 4.53. The molecule has 3 aromatic rings. The minimum atomic E-state index is -0.517. The maximum atomic E-state index is 12.3. The van der Waals surface area contributed by atoms with Crippen LogP contribution < -0.4 is 0 Å². The number of nitrogens with zero attached hydrogens (tertiary/aromatic N) is 1. The average Bonchev–Trinajstić information content (AvgIpc) is 2.89. The standard InChI is InChI=1S/C19H16BrNO3/c1-12-3-5-13(6-4-12)10-21-17-9-14(20)7-8-15(17)16(11-22)18(21)19(23)24-2/h3-9,11H,10H2,1-2H3. The van der Waals surface area contributed by atoms with Gasteiger partial charge in [0.2, 0.25) is 0 Å². The highest BCUT2D eigenvalue weighted by molar-refractivity contribution is 9.10. The van der Waals surface area contributed by atoms with Crippen molar-refractivity contribution in [1.82, 2.24) is 4.57 Å². The Labute approximate surface area is 148 Å². The molecule has 0 amide bonds. The summed E-state index contributed by atoms with van der Waals surface area (Å²) in [6.07, 6.45) is 0.716. The quantitative estimate of drug-likeness (QED) is 0.495. The molecule has 24 heavy (non-hydrogen) atoms. The molecule has 0 unspecified atom stereocenters. The average molecular weight is 386 g/mol. The van der Waals surface area contributed by atoms with Crippen molar-refractivity contribution >= 4 is 39.1 Å². The van der Waals surface area contributed by atoms with E-state index in [9.17, 15) is 9.59 Å². The molecule has 1 heterocycles. The number of hydrogen-bond donors (Lipinski definition) is 0. The Balaban J connectivity index is 2.26. The van der Waals surface area contributed by atoms with E-state index in [-0.39, 0.29) is 5.69 Å². The van der Waals surface area contributed by atoms with Crippen molar-refractivity contribution in [3.63, 3.8) is 0 Å². The molecule has 0 atom stereocenters. The molecule has 0 aliphatic rings. The number of aryl methyl sites for hydroxylation is 1. The van der Waals surface area contributed by atoms with Gasteiger partial charge in [0.05, 0.1) is 18.2 Å². The molecular formula is C19H16BrNO3. The van der Waals surface area contributed by atoms with E-state index in [1.54, 1.807) is 0 Å². The maximum absolute atomic E-state index is 12.3. The fourth-order valence-electron chi connectivity index (χ4n) is 2.83. The number of aromatic nitrogens is 1. The molecule has 0 radical (unpaired) electrons. The van der Waals surface area contributed by atoms with Crippen molar-refractivity contribution in [1.29, 1.82) is 0 Å². The lowest BCUT2D eigenvalue weighted by molar-refractivity contribution is 0.0587. The lowest BCUT2D eigenvalue weighted by Gasteiger charge is -2.10. The third-order valence-electron chi connectivity index (χ3n) is 4.02. The molecule has 122 valence electrons. The van der Waals surface area contributed by atoms with Crippen LogP contribution in [0, 0.1) is 6.92 Å². The van der Waals surface area contributed by atoms with Crippen LogP contribution in [-0.2, 0) is 11.3 Å². The minimum Gasteiger partial charge on any atom is -0.464 e. The fourth-order valence-corrected chi connectivity index (χ4v) is 3.17. The van der Waals surface area contributed by atoms with Gasteiger partial charge in [-0.1, -0.05) is 51.8 Å². The summed E-state index contributed by atoms with van der Waals surface area (Å²) in [5, 5.41) is 0.737. The van der Waals surface area contributed by atoms with Gasteiger partial charge in [-0.15, -0.1) is 0 Å². The number of aldehydes is 1. The molecule has 4 nitrogen and oxygen atoms in total. The molecule has 2 aromatic carbocycles. The Morgan fingerprint density at radius 2 is 1.92 bits per heavy atom. The van der Waals surface area contributed by atoms with Crippen LogP contribution in [0.4, 0.5) is 0 Å². The van der Waals surface area contributed by atoms with Gasteiger partial charge >= 0.3 is 5.97 Å². The second-order valence-electron chi connectivity index (χ2n) is 5.60. The Morgan fingerprint density at radius 1 is 1.21 bits per heavy atom. The van der Waals surface area contributed by atoms with Gasteiger partial charge in [0, 0.05) is 16.4 Å². The van der Waals surface area contributed by atoms with Gasteiger partial charge in [-0.05, 0) is 24.6 Å². The lowest BCUT2D eigenvalue weighted by atomic mass is 10.1. The first kappa shape index (κ1) is 16.5. The van der Waals surface area contributed by atoms with Gasteiger partial charge in [-0.25, -0.2) is 4.79 Å². The number of carbonyl (C=O) groups excluding carboxylic acids is 2. The summed E-state index contributed by atoms with van der Waals surface area (Å²) in [6, 6.07) is 13.7. The molecule has 1 aromatic heterocycles. The number of hydrogen-bond acceptors (Lipinski definition) is 3. The van der Waals surface area contributed by atoms with Gasteiger partial charge in [0.15, 0.2) is 6.29 Å². The van der Waals surface area contributed by atoms with Gasteiger partial charge in [0.1, 0.15) is 5.69 Å². The van der Waals surface area contributed by atoms with Crippen molar-refractivity contribution in [3.8, 4) is 0 Å². The van der Waals surface area contributed by atoms with E-state index >= 15 is 0 Å². The van der Waals surface area contributed by atoms with Crippen molar-refractivity contribution < 1.29 is 14.3 Å². The number of fused-ring (bicyclic) bond motifs is 1. The van der Waals surface area contributed by atoms with Gasteiger partial charge in [-0.2, -0.15) is 0 Å². The number of halogens is 1. The summed E-state index contributed by atoms with van der Waals surface area (Å²) < 4.78 is 7.62. The Morgan fingerprint density at radius 3 is 2.54 bits per heavy atom. The molecule has 0 saturated carbocycles. The molecule has 0 fully saturated rings. The fraction of sp³-hybridized carbons (Fsp3) is 0.158. The van der Waals surface area contributed by atoms with E-state index in [2.05, 4.69) is 15.9 Å². The third kappa shape index (κ3) is 2.87. The zero-order valence-corrected chi connectivity index (χ0v) is 15.0. The summed E-state index contributed by atoms with van der Waals surface area (Å²) in [4.78, 5) is 23.9. The summed E-state index contributed by atoms with van der Waals surface area (Å²) in [5.74, 6) is -0.517. The van der Waals surface area contributed by atoms with Gasteiger partial charge in [0.25, 0.3) is 0 Å². The predicted octanol–water partition coefficient (Wildman–Crippen LogP) is 4.36. The van der Waals surface area contributed by atoms with Crippen LogP contribution in [0.3, 0.4) is 0 Å². The van der Waals surface area contributed by atoms with Crippen LogP contribution in [-0.4, -0.2) is 23.9 Å². The van der Waals surface area contributed by atoms with E-state index in [1.165, 1.54) is 12.7 Å². The van der Waals surface area contributed by atoms with Crippen LogP contribution in [0.25, 0.3) is 10.9 Å². The molecule has 0 saturated heterocycles. The highest BCUT2D eigenvalue weighted by Crippen LogP contribution is 2.29. The number of methoxy groups -OCH3 is 1. The first-order valence-corrected chi connectivity index (χ1v) is 8.25. The topological polar surface area (TPSA) is 48.3 Å². The zero-order chi connectivity index (χ0) is 17.3. The van der Waals surface area contributed by atoms with Crippen LogP contribution in [0.2, 0.25) is 0 Å². The maximum Gasteiger partial charge on any atom is 0.355 e. The SMILES string of the molecule is COC(=O)c1c(C=O)c2ccc(Br)cc2n1Cc1ccc(C)cc1. The molecule has 0 bridgehead atoms. The van der Waals surface area contributed by atoms with Crippen LogP contribution in [0.15, 0.2) is 46.9 Å². The second kappa shape index (κ2) is 6.61. The molecule has 0 aliphatic heterocycles. The summed E-state index contributed by atoms with van der Waals surface area (Å²) >= 11 is 3.45. The van der Waals surface area contributed by atoms with Crippen molar-refractivity contribution in [2.45, 2.75) is 13.5 Å². The van der Waals surface area contributed by atoms with Crippen molar-refractivity contribution in [2.75, 3.05) is 7.11 Å². The first-order chi connectivity index (χ1) is 11.5. The van der Waals surface area contributed by atoms with E-state index in [1.807, 2.05) is 54.0 Å². The first-order valence-electron chi connectivity index (χ1n) is 7.46. The summed E-state index contributed by atoms with van der Waals surface area (Å²) in [6.45, 7) is 2.50. The van der Waals surface area contributed by atoms with Crippen LogP contribution >= 0.6 is 15.9 Å². The van der Waals surface area contributed by atoms with Crippen LogP contribution in [0.5, 0.6) is 0 Å². The number of carbonyl (C=O) groups is 2. The summed E-state index contributed by atoms with van der Waals surface area (Å²) in [7, 11) is 1.32. The van der Waals surface area contributed by atoms with E-state index in [4.69, 9.17) is 4.74 Å². The molecule has 0 spiro atoms. The number of ether oxygens (including phenoxy) is 1. The smallest absolute Gasteiger partial charge is 0.355 e. The Bertz CT molecular complexity index is 926. The molecule has 5 heteroatoms. The second-order valence-corrected chi connectivity index (χ2v) is 6.52. The predicted molar refractivity (Wildman–Crippen MR) is 96.6 cm³/mol. The van der Waals surface area contributed by atoms with Gasteiger partial charge < -0.3 is 9.30 Å². The van der Waals surface area contributed by atoms with E-state index < -0.39 is 5.97 Å². The monoisotopic (exact) mass is 385 g/mol. The molecule has 3 rings (SSSR count). The van der Waals surface area contributed by atoms with E-state index in [0.717, 1.165) is 20.9 Å². The zero-order valence-electron chi connectivity index (χ0n) is 13.4. The Hall–Kier alpha value is -2.40. The molecular weight excluding hydrogens is 370 g/mol. The van der Waals surface area contributed by atoms with Crippen LogP contribution in [0.1, 0.15) is 32.0 Å². The highest BCUT2D eigenvalue weighted by Gasteiger charge is 2.23. The van der Waals surface area contributed by atoms with Gasteiger partial charge in [-0.3, -0.25) is 4.79 Å². The number of benzene rings is 2. The van der Waals surface area contributed by atoms with Crippen molar-refractivity contribution in [3.05, 3.63) is 69.3 Å². The molecule has 0 aliphatic carbocycles. The number of esters is 1. The highest BCUT2D eigenvalue weighted by atomic mass is 79.9. The summed E-state index contributed by atoms with van der Waals surface area (Å²) in [5.41, 5.74) is 3.66. The lowest BCUT2D eigenvalue weighted by Crippen LogP contribution is -2.13.